The zero-order valence-corrected chi connectivity index (χ0v) is 19.9. The van der Waals surface area contributed by atoms with Crippen LogP contribution in [0.2, 0.25) is 0 Å². The molecule has 0 spiro atoms. The van der Waals surface area contributed by atoms with E-state index in [0.29, 0.717) is 12.1 Å². The Balaban J connectivity index is 0.00000364. The van der Waals surface area contributed by atoms with Crippen LogP contribution in [-0.4, -0.2) is 36.2 Å². The van der Waals surface area contributed by atoms with Crippen molar-refractivity contribution in [2.24, 2.45) is 10.2 Å². The molecule has 4 N–H and O–H groups in total. The molecule has 28 heavy (non-hydrogen) atoms. The Bertz CT molecular complexity index is 1080. The molecule has 2 aromatic carbocycles. The zero-order valence-electron chi connectivity index (χ0n) is 14.3. The number of phenols is 2. The molecule has 140 valence electrons. The fraction of sp³-hybridized carbons (Fsp3) is 0. The van der Waals surface area contributed by atoms with Crippen molar-refractivity contribution in [3.8, 4) is 23.0 Å². The van der Waals surface area contributed by atoms with Crippen molar-refractivity contribution in [3.63, 3.8) is 0 Å². The summed E-state index contributed by atoms with van der Waals surface area (Å²) in [7, 11) is -10.3. The molecule has 0 unspecified atom stereocenters. The molecular formula is C12H8N2Na2O10S2. The van der Waals surface area contributed by atoms with E-state index in [1.807, 2.05) is 0 Å². The summed E-state index contributed by atoms with van der Waals surface area (Å²) in [5.74, 6) is -4.60. The smallest absolute Gasteiger partial charge is 0.871 e. The summed E-state index contributed by atoms with van der Waals surface area (Å²) in [4.78, 5) is -2.78. The fourth-order valence-corrected chi connectivity index (χ4v) is 3.04. The summed E-state index contributed by atoms with van der Waals surface area (Å²) >= 11 is 0. The van der Waals surface area contributed by atoms with Gasteiger partial charge < -0.3 is 20.4 Å². The van der Waals surface area contributed by atoms with E-state index in [-0.39, 0.29) is 59.1 Å². The van der Waals surface area contributed by atoms with Gasteiger partial charge in [-0.05, 0) is 30.0 Å². The van der Waals surface area contributed by atoms with Crippen molar-refractivity contribution < 1.29 is 105 Å². The number of nitrogens with zero attached hydrogens (tertiary/aromatic N) is 2. The van der Waals surface area contributed by atoms with Gasteiger partial charge in [-0.2, -0.15) is 27.1 Å². The zero-order chi connectivity index (χ0) is 19.9. The van der Waals surface area contributed by atoms with Crippen molar-refractivity contribution in [1.29, 1.82) is 0 Å². The van der Waals surface area contributed by atoms with Crippen LogP contribution in [0.3, 0.4) is 0 Å². The predicted octanol–water partition coefficient (Wildman–Crippen LogP) is -5.84. The summed E-state index contributed by atoms with van der Waals surface area (Å²) < 4.78 is 62.8. The quantitative estimate of drug-likeness (QED) is 0.149. The van der Waals surface area contributed by atoms with Crippen LogP contribution in [0.1, 0.15) is 0 Å². The molecule has 0 saturated carbocycles. The Morgan fingerprint density at radius 2 is 1.25 bits per heavy atom. The SMILES string of the molecule is O=S(=O)(O)c1cc(N=Nc2ccc(O)c(O)c2[O-])cc(S(=O)(=O)O)c1[O-].[Na+].[Na+]. The maximum atomic E-state index is 11.8. The van der Waals surface area contributed by atoms with E-state index >= 15 is 0 Å². The summed E-state index contributed by atoms with van der Waals surface area (Å²) in [5.41, 5.74) is -1.15. The number of hydrogen-bond acceptors (Lipinski definition) is 10. The van der Waals surface area contributed by atoms with Crippen LogP contribution in [0.25, 0.3) is 0 Å². The first-order chi connectivity index (χ1) is 11.8. The van der Waals surface area contributed by atoms with Crippen molar-refractivity contribution in [2.45, 2.75) is 9.79 Å². The Kier molecular flexibility index (Phi) is 9.38. The van der Waals surface area contributed by atoms with Gasteiger partial charge in [-0.15, -0.1) is 0 Å². The first kappa shape index (κ1) is 27.1. The average molecular weight is 450 g/mol. The number of aromatic hydroxyl groups is 2. The average Bonchev–Trinajstić information content (AvgIpc) is 2.50. The molecule has 2 rings (SSSR count). The number of hydrogen-bond donors (Lipinski definition) is 4. The molecule has 12 nitrogen and oxygen atoms in total. The Hall–Kier alpha value is -0.940. The molecule has 0 aliphatic heterocycles. The van der Waals surface area contributed by atoms with Crippen molar-refractivity contribution in [1.82, 2.24) is 0 Å². The van der Waals surface area contributed by atoms with Gasteiger partial charge in [-0.1, -0.05) is 5.75 Å². The number of rotatable bonds is 4. The number of azo groups is 1. The van der Waals surface area contributed by atoms with Crippen molar-refractivity contribution >= 4 is 31.6 Å². The van der Waals surface area contributed by atoms with Crippen LogP contribution in [0.15, 0.2) is 44.3 Å². The van der Waals surface area contributed by atoms with Gasteiger partial charge in [-0.3, -0.25) is 9.11 Å². The normalized spacial score (nSPS) is 11.6. The van der Waals surface area contributed by atoms with Gasteiger partial charge in [0.15, 0.2) is 11.5 Å². The van der Waals surface area contributed by atoms with Gasteiger partial charge in [0.05, 0.1) is 21.2 Å². The molecule has 0 aliphatic rings. The van der Waals surface area contributed by atoms with E-state index in [9.17, 15) is 32.2 Å². The number of phenolic OH excluding ortho intramolecular Hbond substituents is 2. The summed E-state index contributed by atoms with van der Waals surface area (Å²) in [6.07, 6.45) is 0. The topological polar surface area (TPSA) is 220 Å². The van der Waals surface area contributed by atoms with Crippen LogP contribution in [0, 0.1) is 0 Å². The maximum Gasteiger partial charge on any atom is 1.00 e. The van der Waals surface area contributed by atoms with Gasteiger partial charge in [0.25, 0.3) is 20.2 Å². The monoisotopic (exact) mass is 450 g/mol. The Morgan fingerprint density at radius 1 is 0.786 bits per heavy atom. The molecular weight excluding hydrogens is 442 g/mol. The second kappa shape index (κ2) is 9.71. The van der Waals surface area contributed by atoms with Gasteiger partial charge in [0, 0.05) is 0 Å². The van der Waals surface area contributed by atoms with Gasteiger partial charge in [0.1, 0.15) is 0 Å². The van der Waals surface area contributed by atoms with Gasteiger partial charge >= 0.3 is 59.1 Å². The molecule has 2 aromatic rings. The van der Waals surface area contributed by atoms with Gasteiger partial charge in [0.2, 0.25) is 0 Å². The van der Waals surface area contributed by atoms with E-state index < -0.39 is 64.4 Å². The molecule has 0 aliphatic carbocycles. The third kappa shape index (κ3) is 6.03. The van der Waals surface area contributed by atoms with Crippen LogP contribution in [-0.2, 0) is 20.2 Å². The largest absolute Gasteiger partial charge is 1.00 e. The Labute approximate surface area is 202 Å². The molecule has 0 radical (unpaired) electrons. The molecule has 0 atom stereocenters. The summed E-state index contributed by atoms with van der Waals surface area (Å²) in [6.45, 7) is 0. The molecule has 0 bridgehead atoms. The van der Waals surface area contributed by atoms with E-state index in [2.05, 4.69) is 10.2 Å². The van der Waals surface area contributed by atoms with Gasteiger partial charge in [-0.25, -0.2) is 0 Å². The van der Waals surface area contributed by atoms with Crippen LogP contribution < -0.4 is 69.3 Å². The minimum absolute atomic E-state index is 0. The first-order valence-electron chi connectivity index (χ1n) is 6.26. The summed E-state index contributed by atoms with van der Waals surface area (Å²) in [6, 6.07) is 2.76. The third-order valence-corrected chi connectivity index (χ3v) is 4.64. The molecule has 0 heterocycles. The maximum absolute atomic E-state index is 11.8. The third-order valence-electron chi connectivity index (χ3n) is 2.92. The second-order valence-electron chi connectivity index (χ2n) is 4.70. The predicted molar refractivity (Wildman–Crippen MR) is 78.9 cm³/mol. The standard InChI is InChI=1S/C12H10N2O10S2.2Na/c15-7-2-1-6(10(16)11(7)17)14-13-5-3-8(25(19,20)21)12(18)9(4-5)26(22,23)24;;/h1-4,15-18H,(H,19,20,21)(H,22,23,24);;/q;2*+1/p-2. The van der Waals surface area contributed by atoms with E-state index in [0.717, 1.165) is 12.1 Å². The van der Waals surface area contributed by atoms with E-state index in [1.54, 1.807) is 0 Å². The molecule has 0 saturated heterocycles. The molecule has 0 aromatic heterocycles. The Morgan fingerprint density at radius 3 is 1.68 bits per heavy atom. The van der Waals surface area contributed by atoms with Crippen LogP contribution in [0.4, 0.5) is 11.4 Å². The molecule has 0 amide bonds. The van der Waals surface area contributed by atoms with Crippen molar-refractivity contribution in [2.75, 3.05) is 0 Å². The number of benzene rings is 2. The van der Waals surface area contributed by atoms with Crippen LogP contribution in [0.5, 0.6) is 23.0 Å². The minimum atomic E-state index is -5.17. The first-order valence-corrected chi connectivity index (χ1v) is 9.14. The second-order valence-corrected chi connectivity index (χ2v) is 7.48. The van der Waals surface area contributed by atoms with E-state index in [1.165, 1.54) is 0 Å². The summed E-state index contributed by atoms with van der Waals surface area (Å²) in [5, 5.41) is 48.5. The fourth-order valence-electron chi connectivity index (χ4n) is 1.74. The van der Waals surface area contributed by atoms with Crippen molar-refractivity contribution in [3.05, 3.63) is 24.3 Å². The minimum Gasteiger partial charge on any atom is -0.871 e. The molecule has 16 heteroatoms. The molecule has 0 fully saturated rings. The van der Waals surface area contributed by atoms with E-state index in [4.69, 9.17) is 14.2 Å². The van der Waals surface area contributed by atoms with Crippen LogP contribution >= 0.6 is 0 Å².